The minimum atomic E-state index is -0.280. The van der Waals surface area contributed by atoms with Gasteiger partial charge in [-0.1, -0.05) is 41.1 Å². The molecular formula is C28H27BrN4O4. The number of nitrogens with zero attached hydrogens (tertiary/aromatic N) is 3. The first-order valence-electron chi connectivity index (χ1n) is 12.0. The van der Waals surface area contributed by atoms with Gasteiger partial charge < -0.3 is 14.8 Å². The summed E-state index contributed by atoms with van der Waals surface area (Å²) in [6.45, 7) is 4.13. The van der Waals surface area contributed by atoms with Crippen molar-refractivity contribution in [2.45, 2.75) is 26.7 Å². The highest BCUT2D eigenvalue weighted by Crippen LogP contribution is 2.28. The molecule has 1 aromatic heterocycles. The van der Waals surface area contributed by atoms with Gasteiger partial charge in [0.1, 0.15) is 5.82 Å². The Kier molecular flexibility index (Phi) is 8.68. The summed E-state index contributed by atoms with van der Waals surface area (Å²) in [7, 11) is 0. The first kappa shape index (κ1) is 26.1. The van der Waals surface area contributed by atoms with Crippen molar-refractivity contribution in [2.75, 3.05) is 18.5 Å². The maximum Gasteiger partial charge on any atom is 0.282 e. The highest BCUT2D eigenvalue weighted by molar-refractivity contribution is 9.10. The lowest BCUT2D eigenvalue weighted by molar-refractivity contribution is -0.118. The summed E-state index contributed by atoms with van der Waals surface area (Å²) in [6, 6.07) is 19.9. The number of anilines is 1. The molecule has 0 aliphatic heterocycles. The molecule has 0 saturated heterocycles. The molecule has 0 bridgehead atoms. The van der Waals surface area contributed by atoms with Crippen LogP contribution in [0.3, 0.4) is 0 Å². The number of para-hydroxylation sites is 1. The lowest BCUT2D eigenvalue weighted by Gasteiger charge is -2.13. The molecule has 0 aliphatic rings. The number of carbonyl (C=O) groups is 1. The van der Waals surface area contributed by atoms with Crippen LogP contribution in [0, 0.1) is 0 Å². The molecule has 0 radical (unpaired) electrons. The predicted octanol–water partition coefficient (Wildman–Crippen LogP) is 5.41. The van der Waals surface area contributed by atoms with Crippen LogP contribution in [0.4, 0.5) is 5.69 Å². The van der Waals surface area contributed by atoms with Gasteiger partial charge in [0.2, 0.25) is 0 Å². The van der Waals surface area contributed by atoms with Crippen LogP contribution in [-0.2, 0) is 11.2 Å². The summed E-state index contributed by atoms with van der Waals surface area (Å²) in [5, 5.41) is 7.74. The van der Waals surface area contributed by atoms with Crippen molar-refractivity contribution >= 4 is 44.6 Å². The number of aryl methyl sites for hydroxylation is 1. The normalized spacial score (nSPS) is 11.1. The van der Waals surface area contributed by atoms with E-state index in [-0.39, 0.29) is 18.1 Å². The number of amides is 1. The van der Waals surface area contributed by atoms with E-state index in [4.69, 9.17) is 9.47 Å². The van der Waals surface area contributed by atoms with Gasteiger partial charge in [0, 0.05) is 16.6 Å². The lowest BCUT2D eigenvalue weighted by Crippen LogP contribution is -2.22. The van der Waals surface area contributed by atoms with Gasteiger partial charge in [-0.2, -0.15) is 9.78 Å². The monoisotopic (exact) mass is 562 g/mol. The minimum absolute atomic E-state index is 0.170. The van der Waals surface area contributed by atoms with E-state index in [1.54, 1.807) is 42.6 Å². The molecule has 0 aliphatic carbocycles. The molecule has 190 valence electrons. The van der Waals surface area contributed by atoms with Crippen molar-refractivity contribution in [1.82, 2.24) is 9.66 Å². The van der Waals surface area contributed by atoms with Gasteiger partial charge in [0.05, 0.1) is 23.7 Å². The van der Waals surface area contributed by atoms with E-state index in [1.165, 1.54) is 4.68 Å². The van der Waals surface area contributed by atoms with Crippen LogP contribution < -0.4 is 20.3 Å². The SMILES string of the molecule is CCCc1nc2ccc(Br)cc2c(=O)n1N=Cc1ccc(OCC(=O)Nc2ccccc2)c(OCC)c1. The zero-order chi connectivity index (χ0) is 26.2. The van der Waals surface area contributed by atoms with E-state index in [2.05, 4.69) is 31.3 Å². The van der Waals surface area contributed by atoms with Gasteiger partial charge in [-0.05, 0) is 67.4 Å². The zero-order valence-electron chi connectivity index (χ0n) is 20.6. The van der Waals surface area contributed by atoms with Crippen molar-refractivity contribution in [2.24, 2.45) is 5.10 Å². The number of halogens is 1. The second-order valence-corrected chi connectivity index (χ2v) is 9.06. The van der Waals surface area contributed by atoms with Gasteiger partial charge in [-0.15, -0.1) is 0 Å². The van der Waals surface area contributed by atoms with Gasteiger partial charge in [-0.3, -0.25) is 9.59 Å². The molecule has 8 nitrogen and oxygen atoms in total. The molecule has 1 N–H and O–H groups in total. The number of hydrogen-bond donors (Lipinski definition) is 1. The topological polar surface area (TPSA) is 94.8 Å². The predicted molar refractivity (Wildman–Crippen MR) is 149 cm³/mol. The van der Waals surface area contributed by atoms with E-state index >= 15 is 0 Å². The van der Waals surface area contributed by atoms with E-state index in [0.29, 0.717) is 52.5 Å². The smallest absolute Gasteiger partial charge is 0.282 e. The largest absolute Gasteiger partial charge is 0.490 e. The number of benzene rings is 3. The van der Waals surface area contributed by atoms with Crippen LogP contribution in [0.15, 0.2) is 81.1 Å². The van der Waals surface area contributed by atoms with Gasteiger partial charge in [0.15, 0.2) is 18.1 Å². The Balaban J connectivity index is 1.56. The summed E-state index contributed by atoms with van der Waals surface area (Å²) in [6.07, 6.45) is 3.02. The van der Waals surface area contributed by atoms with Crippen LogP contribution in [-0.4, -0.2) is 35.0 Å². The Bertz CT molecular complexity index is 1490. The Morgan fingerprint density at radius 3 is 2.62 bits per heavy atom. The number of rotatable bonds is 10. The fraction of sp³-hybridized carbons (Fsp3) is 0.214. The average molecular weight is 563 g/mol. The summed E-state index contributed by atoms with van der Waals surface area (Å²) in [4.78, 5) is 30.1. The van der Waals surface area contributed by atoms with Crippen LogP contribution in [0.2, 0.25) is 0 Å². The third-order valence-corrected chi connectivity index (χ3v) is 5.85. The van der Waals surface area contributed by atoms with Crippen LogP contribution in [0.25, 0.3) is 10.9 Å². The Morgan fingerprint density at radius 2 is 1.86 bits per heavy atom. The fourth-order valence-corrected chi connectivity index (χ4v) is 4.04. The minimum Gasteiger partial charge on any atom is -0.490 e. The molecule has 0 fully saturated rings. The highest BCUT2D eigenvalue weighted by atomic mass is 79.9. The Labute approximate surface area is 223 Å². The number of fused-ring (bicyclic) bond motifs is 1. The first-order valence-corrected chi connectivity index (χ1v) is 12.8. The van der Waals surface area contributed by atoms with Crippen molar-refractivity contribution in [3.05, 3.63) is 92.9 Å². The second kappa shape index (κ2) is 12.3. The van der Waals surface area contributed by atoms with E-state index in [9.17, 15) is 9.59 Å². The molecule has 9 heteroatoms. The molecule has 4 rings (SSSR count). The third kappa shape index (κ3) is 6.62. The maximum absolute atomic E-state index is 13.2. The fourth-order valence-electron chi connectivity index (χ4n) is 3.68. The average Bonchev–Trinajstić information content (AvgIpc) is 2.89. The maximum atomic E-state index is 13.2. The van der Waals surface area contributed by atoms with Crippen molar-refractivity contribution in [3.8, 4) is 11.5 Å². The number of aromatic nitrogens is 2. The number of carbonyl (C=O) groups excluding carboxylic acids is 1. The quantitative estimate of drug-likeness (QED) is 0.261. The molecule has 4 aromatic rings. The van der Waals surface area contributed by atoms with Crippen molar-refractivity contribution in [1.29, 1.82) is 0 Å². The van der Waals surface area contributed by atoms with Crippen molar-refractivity contribution in [3.63, 3.8) is 0 Å². The summed E-state index contributed by atoms with van der Waals surface area (Å²) in [5.41, 5.74) is 1.80. The van der Waals surface area contributed by atoms with Gasteiger partial charge in [0.25, 0.3) is 11.5 Å². The lowest BCUT2D eigenvalue weighted by atomic mass is 10.2. The van der Waals surface area contributed by atoms with Crippen LogP contribution in [0.1, 0.15) is 31.7 Å². The molecule has 0 unspecified atom stereocenters. The van der Waals surface area contributed by atoms with Gasteiger partial charge >= 0.3 is 0 Å². The van der Waals surface area contributed by atoms with Crippen LogP contribution >= 0.6 is 15.9 Å². The molecule has 0 atom stereocenters. The molecule has 0 saturated carbocycles. The van der Waals surface area contributed by atoms with E-state index in [1.807, 2.05) is 44.2 Å². The standard InChI is InChI=1S/C28H27BrN4O4/c1-3-8-26-32-23-13-12-20(29)16-22(23)28(35)33(26)30-17-19-11-14-24(25(15-19)36-4-2)37-18-27(34)31-21-9-6-5-7-10-21/h5-7,9-17H,3-4,8,18H2,1-2H3,(H,31,34). The van der Waals surface area contributed by atoms with E-state index in [0.717, 1.165) is 10.9 Å². The number of ether oxygens (including phenoxy) is 2. The van der Waals surface area contributed by atoms with Crippen molar-refractivity contribution < 1.29 is 14.3 Å². The Morgan fingerprint density at radius 1 is 1.05 bits per heavy atom. The first-order chi connectivity index (χ1) is 18.0. The van der Waals surface area contributed by atoms with Gasteiger partial charge in [-0.25, -0.2) is 4.98 Å². The second-order valence-electron chi connectivity index (χ2n) is 8.14. The van der Waals surface area contributed by atoms with E-state index < -0.39 is 0 Å². The number of nitrogens with one attached hydrogen (secondary N) is 1. The Hall–Kier alpha value is -3.98. The molecule has 3 aromatic carbocycles. The zero-order valence-corrected chi connectivity index (χ0v) is 22.2. The molecule has 0 spiro atoms. The summed E-state index contributed by atoms with van der Waals surface area (Å²) >= 11 is 3.42. The third-order valence-electron chi connectivity index (χ3n) is 5.36. The molecular weight excluding hydrogens is 536 g/mol. The summed E-state index contributed by atoms with van der Waals surface area (Å²) < 4.78 is 13.6. The highest BCUT2D eigenvalue weighted by Gasteiger charge is 2.12. The number of hydrogen-bond acceptors (Lipinski definition) is 6. The molecule has 37 heavy (non-hydrogen) atoms. The summed E-state index contributed by atoms with van der Waals surface area (Å²) in [5.74, 6) is 1.22. The molecule has 1 amide bonds. The van der Waals surface area contributed by atoms with Crippen LogP contribution in [0.5, 0.6) is 11.5 Å². The molecule has 1 heterocycles.